The Balaban J connectivity index is 3.11. The predicted octanol–water partition coefficient (Wildman–Crippen LogP) is -0.249. The van der Waals surface area contributed by atoms with Crippen LogP contribution in [0.1, 0.15) is 0 Å². The molecule has 0 amide bonds. The van der Waals surface area contributed by atoms with Gasteiger partial charge in [0.1, 0.15) is 5.41 Å². The molecule has 0 N–H and O–H groups in total. The summed E-state index contributed by atoms with van der Waals surface area (Å²) in [4.78, 5) is 0. The van der Waals surface area contributed by atoms with Crippen LogP contribution in [-0.2, 0) is 12.6 Å². The second-order valence-electron chi connectivity index (χ2n) is 0.273. The van der Waals surface area contributed by atoms with E-state index in [1.807, 2.05) is 0 Å². The minimum atomic E-state index is 1.24. The van der Waals surface area contributed by atoms with Gasteiger partial charge in [-0.25, -0.2) is 5.87 Å². The maximum atomic E-state index is 7.52. The lowest BCUT2D eigenvalue weighted by Crippen LogP contribution is -1.31. The lowest BCUT2D eigenvalue weighted by Gasteiger charge is -1.47. The third kappa shape index (κ3) is 1.80. The van der Waals surface area contributed by atoms with E-state index in [1.54, 1.807) is 5.87 Å². The Morgan fingerprint density at radius 2 is 2.25 bits per heavy atom. The quantitative estimate of drug-likeness (QED) is 0.279. The van der Waals surface area contributed by atoms with Gasteiger partial charge in [0, 0.05) is 0 Å². The summed E-state index contributed by atoms with van der Waals surface area (Å²) < 4.78 is 0. The van der Waals surface area contributed by atoms with Gasteiger partial charge >= 0.3 is 0 Å². The van der Waals surface area contributed by atoms with Gasteiger partial charge < -0.3 is 5.41 Å². The predicted molar refractivity (Wildman–Crippen MR) is 23.1 cm³/mol. The third-order valence-corrected chi connectivity index (χ3v) is 0.194. The third-order valence-electron chi connectivity index (χ3n) is 0.0645. The van der Waals surface area contributed by atoms with Crippen molar-refractivity contribution in [3.05, 3.63) is 10.8 Å². The first-order chi connectivity index (χ1) is 1.91. The zero-order valence-electron chi connectivity index (χ0n) is 2.02. The summed E-state index contributed by atoms with van der Waals surface area (Å²) in [5, 5.41) is 8.76. The Labute approximate surface area is 30.3 Å². The first-order valence-electron chi connectivity index (χ1n) is 0.801. The van der Waals surface area contributed by atoms with Gasteiger partial charge in [-0.05, 0) is 12.6 Å². The molecule has 0 aliphatic carbocycles. The van der Waals surface area contributed by atoms with E-state index in [1.165, 1.54) is 5.41 Å². The summed E-state index contributed by atoms with van der Waals surface area (Å²) in [6.07, 6.45) is 0. The van der Waals surface area contributed by atoms with E-state index in [0.29, 0.717) is 0 Å². The lowest BCUT2D eigenvalue weighted by molar-refractivity contribution is 2.86. The maximum absolute atomic E-state index is 7.52. The summed E-state index contributed by atoms with van der Waals surface area (Å²) in [7, 11) is 0. The molecule has 0 unspecified atom stereocenters. The summed E-state index contributed by atoms with van der Waals surface area (Å²) in [5.74, 6) is 1.72. The molecule has 2 heteroatoms. The van der Waals surface area contributed by atoms with E-state index < -0.39 is 0 Å². The summed E-state index contributed by atoms with van der Waals surface area (Å²) in [6.45, 7) is 0. The normalized spacial score (nSPS) is 4.25. The van der Waals surface area contributed by atoms with Crippen LogP contribution in [0.5, 0.6) is 0 Å². The van der Waals surface area contributed by atoms with Crippen molar-refractivity contribution in [3.8, 4) is 0 Å². The molecular weight excluding hydrogens is 70.1 g/mol. The molecule has 4 heavy (non-hydrogen) atoms. The van der Waals surface area contributed by atoms with Crippen LogP contribution in [-0.4, -0.2) is 5.87 Å². The van der Waals surface area contributed by atoms with E-state index in [9.17, 15) is 0 Å². The Hall–Kier alpha value is -0.200. The van der Waals surface area contributed by atoms with Gasteiger partial charge in [0.2, 0.25) is 0 Å². The first-order valence-corrected chi connectivity index (χ1v) is 1.38. The molecule has 0 aliphatic rings. The highest BCUT2D eigenvalue weighted by molar-refractivity contribution is 7.62. The van der Waals surface area contributed by atoms with E-state index in [0.717, 1.165) is 0 Å². The van der Waals surface area contributed by atoms with Crippen LogP contribution >= 0.6 is 0 Å². The van der Waals surface area contributed by atoms with Crippen molar-refractivity contribution in [3.63, 3.8) is 0 Å². The fourth-order valence-corrected chi connectivity index (χ4v) is 0. The molecule has 0 aliphatic heterocycles. The first kappa shape index (κ1) is 3.80. The highest BCUT2D eigenvalue weighted by Crippen LogP contribution is 1.34. The van der Waals surface area contributed by atoms with Gasteiger partial charge in [0.15, 0.2) is 0 Å². The van der Waals surface area contributed by atoms with Gasteiger partial charge in [-0.15, -0.1) is 0 Å². The van der Waals surface area contributed by atoms with Gasteiger partial charge in [0.25, 0.3) is 0 Å². The number of rotatable bonds is 0. The fraction of sp³-hybridized carbons (Fsp3) is 0. The largest absolute Gasteiger partial charge is 0.760 e. The average Bonchev–Trinajstić information content (AvgIpc) is 1.37. The van der Waals surface area contributed by atoms with Gasteiger partial charge in [-0.1, -0.05) is 0 Å². The zero-order valence-corrected chi connectivity index (χ0v) is 3.02. The van der Waals surface area contributed by atoms with Crippen molar-refractivity contribution >= 4 is 18.5 Å². The topological polar surface area (TPSA) is 22.3 Å². The molecule has 0 rings (SSSR count). The van der Waals surface area contributed by atoms with Crippen LogP contribution < -0.4 is 0 Å². The SMILES string of the molecule is [N-]=C=C[SH2+]. The van der Waals surface area contributed by atoms with Crippen LogP contribution in [0.2, 0.25) is 0 Å². The zero-order chi connectivity index (χ0) is 3.41. The molecule has 0 aromatic carbocycles. The van der Waals surface area contributed by atoms with Gasteiger partial charge in [-0.2, -0.15) is 0 Å². The molecule has 0 atom stereocenters. The Kier molecular flexibility index (Phi) is 2.66. The fourth-order valence-electron chi connectivity index (χ4n) is 0. The van der Waals surface area contributed by atoms with Crippen LogP contribution in [0.4, 0.5) is 0 Å². The Morgan fingerprint density at radius 3 is 2.25 bits per heavy atom. The molecule has 0 radical (unpaired) electrons. The average molecular weight is 73.1 g/mol. The van der Waals surface area contributed by atoms with Crippen molar-refractivity contribution in [2.45, 2.75) is 0 Å². The summed E-state index contributed by atoms with van der Waals surface area (Å²) in [5.41, 5.74) is 0. The van der Waals surface area contributed by atoms with Crippen LogP contribution in [0.3, 0.4) is 0 Å². The minimum absolute atomic E-state index is 1.24. The lowest BCUT2D eigenvalue weighted by atomic mass is 11.2. The molecule has 1 nitrogen and oxygen atoms in total. The number of hydrogen-bond acceptors (Lipinski definition) is 0. The second-order valence-corrected chi connectivity index (χ2v) is 0.562. The summed E-state index contributed by atoms with van der Waals surface area (Å²) >= 11 is 2.80. The molecule has 0 bridgehead atoms. The van der Waals surface area contributed by atoms with Crippen molar-refractivity contribution < 1.29 is 0 Å². The molecular formula is C2H3NS. The summed E-state index contributed by atoms with van der Waals surface area (Å²) in [6, 6.07) is 0. The molecule has 0 saturated heterocycles. The molecule has 22 valence electrons. The standard InChI is InChI=1S/C2H2NS/c3-1-2-4/h2,4H/q-1/p+1. The highest BCUT2D eigenvalue weighted by atomic mass is 32.1. The van der Waals surface area contributed by atoms with E-state index >= 15 is 0 Å². The Morgan fingerprint density at radius 1 is 2.00 bits per heavy atom. The van der Waals surface area contributed by atoms with Crippen molar-refractivity contribution in [1.29, 1.82) is 0 Å². The van der Waals surface area contributed by atoms with Crippen LogP contribution in [0, 0.1) is 0 Å². The van der Waals surface area contributed by atoms with E-state index in [4.69, 9.17) is 5.41 Å². The van der Waals surface area contributed by atoms with Gasteiger partial charge in [0.05, 0.1) is 0 Å². The van der Waals surface area contributed by atoms with Crippen molar-refractivity contribution in [1.82, 2.24) is 0 Å². The monoisotopic (exact) mass is 73.0 g/mol. The molecule has 0 heterocycles. The van der Waals surface area contributed by atoms with Crippen molar-refractivity contribution in [2.24, 2.45) is 0 Å². The second kappa shape index (κ2) is 2.80. The molecule has 0 spiro atoms. The molecule has 0 aromatic heterocycles. The smallest absolute Gasteiger partial charge is 0.133 e. The number of hydrogen-bond donors (Lipinski definition) is 0. The Bertz CT molecular complexity index is 44.0. The number of nitrogens with zero attached hydrogens (tertiary/aromatic N) is 1. The minimum Gasteiger partial charge on any atom is -0.760 e. The van der Waals surface area contributed by atoms with Crippen LogP contribution in [0.25, 0.3) is 5.41 Å². The van der Waals surface area contributed by atoms with E-state index in [-0.39, 0.29) is 0 Å². The van der Waals surface area contributed by atoms with E-state index in [2.05, 4.69) is 12.6 Å². The molecule has 0 aromatic rings. The maximum Gasteiger partial charge on any atom is 0.133 e. The van der Waals surface area contributed by atoms with Crippen molar-refractivity contribution in [2.75, 3.05) is 0 Å². The molecule has 0 fully saturated rings. The highest BCUT2D eigenvalue weighted by Gasteiger charge is 1.30. The molecule has 0 saturated carbocycles. The van der Waals surface area contributed by atoms with Crippen LogP contribution in [0.15, 0.2) is 5.41 Å². The van der Waals surface area contributed by atoms with Gasteiger partial charge in [-0.3, -0.25) is 0 Å².